The van der Waals surface area contributed by atoms with E-state index in [4.69, 9.17) is 10.8 Å². The maximum Gasteiger partial charge on any atom is 0.303 e. The van der Waals surface area contributed by atoms with Gasteiger partial charge in [-0.2, -0.15) is 0 Å². The lowest BCUT2D eigenvalue weighted by Crippen LogP contribution is -2.46. The number of nitrogens with zero attached hydrogens (tertiary/aromatic N) is 1. The number of nitrogens with two attached hydrogens (primary N) is 1. The molecule has 5 heteroatoms. The molecular formula is C10H20N2O3. The minimum absolute atomic E-state index is 0.0531. The van der Waals surface area contributed by atoms with Crippen LogP contribution in [0.25, 0.3) is 0 Å². The highest BCUT2D eigenvalue weighted by atomic mass is 16.4. The van der Waals surface area contributed by atoms with Gasteiger partial charge in [0.1, 0.15) is 0 Å². The largest absolute Gasteiger partial charge is 0.481 e. The van der Waals surface area contributed by atoms with Crippen molar-refractivity contribution >= 4 is 11.9 Å². The zero-order valence-corrected chi connectivity index (χ0v) is 9.56. The second-order valence-electron chi connectivity index (χ2n) is 3.91. The molecule has 0 aliphatic carbocycles. The number of carboxylic acids is 1. The Kier molecular flexibility index (Phi) is 5.93. The predicted molar refractivity (Wildman–Crippen MR) is 57.4 cm³/mol. The van der Waals surface area contributed by atoms with Gasteiger partial charge in [0.25, 0.3) is 0 Å². The fourth-order valence-corrected chi connectivity index (χ4v) is 1.29. The molecule has 88 valence electrons. The number of hydrogen-bond donors (Lipinski definition) is 2. The summed E-state index contributed by atoms with van der Waals surface area (Å²) in [7, 11) is 0. The van der Waals surface area contributed by atoms with Crippen molar-refractivity contribution in [3.63, 3.8) is 0 Å². The van der Waals surface area contributed by atoms with Gasteiger partial charge in [-0.3, -0.25) is 9.59 Å². The molecule has 5 nitrogen and oxygen atoms in total. The van der Waals surface area contributed by atoms with Crippen LogP contribution >= 0.6 is 0 Å². The van der Waals surface area contributed by atoms with Crippen LogP contribution in [0.5, 0.6) is 0 Å². The zero-order chi connectivity index (χ0) is 12.0. The quantitative estimate of drug-likeness (QED) is 0.674. The van der Waals surface area contributed by atoms with Crippen molar-refractivity contribution in [2.75, 3.05) is 6.54 Å². The molecule has 0 fully saturated rings. The summed E-state index contributed by atoms with van der Waals surface area (Å²) in [5.74, 6) is -0.970. The third-order valence-corrected chi connectivity index (χ3v) is 2.09. The van der Waals surface area contributed by atoms with Crippen LogP contribution in [0, 0.1) is 0 Å². The first-order valence-electron chi connectivity index (χ1n) is 5.14. The summed E-state index contributed by atoms with van der Waals surface area (Å²) in [5.41, 5.74) is 5.50. The highest BCUT2D eigenvalue weighted by Gasteiger charge is 2.19. The van der Waals surface area contributed by atoms with E-state index in [1.54, 1.807) is 11.8 Å². The highest BCUT2D eigenvalue weighted by molar-refractivity contribution is 5.81. The molecule has 0 heterocycles. The van der Waals surface area contributed by atoms with Crippen LogP contribution in [0.3, 0.4) is 0 Å². The molecular weight excluding hydrogens is 196 g/mol. The van der Waals surface area contributed by atoms with E-state index in [2.05, 4.69) is 0 Å². The molecule has 1 amide bonds. The first-order chi connectivity index (χ1) is 6.86. The van der Waals surface area contributed by atoms with E-state index in [1.807, 2.05) is 13.8 Å². The highest BCUT2D eigenvalue weighted by Crippen LogP contribution is 2.04. The lowest BCUT2D eigenvalue weighted by molar-refractivity contribution is -0.138. The Morgan fingerprint density at radius 1 is 1.33 bits per heavy atom. The van der Waals surface area contributed by atoms with Crippen molar-refractivity contribution in [2.24, 2.45) is 5.73 Å². The Morgan fingerprint density at radius 2 is 1.87 bits per heavy atom. The molecule has 0 saturated heterocycles. The summed E-state index contributed by atoms with van der Waals surface area (Å²) in [5, 5.41) is 8.48. The van der Waals surface area contributed by atoms with E-state index in [0.29, 0.717) is 13.0 Å². The van der Waals surface area contributed by atoms with Crippen LogP contribution in [0.4, 0.5) is 0 Å². The fourth-order valence-electron chi connectivity index (χ4n) is 1.29. The molecule has 0 rings (SSSR count). The number of hydrogen-bond acceptors (Lipinski definition) is 3. The first kappa shape index (κ1) is 13.9. The molecule has 0 aliphatic rings. The third kappa shape index (κ3) is 5.37. The van der Waals surface area contributed by atoms with E-state index in [9.17, 15) is 9.59 Å². The Bertz CT molecular complexity index is 227. The predicted octanol–water partition coefficient (Wildman–Crippen LogP) is 0.435. The number of rotatable bonds is 6. The lowest BCUT2D eigenvalue weighted by Gasteiger charge is -2.28. The van der Waals surface area contributed by atoms with Crippen molar-refractivity contribution in [3.05, 3.63) is 0 Å². The lowest BCUT2D eigenvalue weighted by atomic mass is 10.2. The SMILES string of the molecule is CC(C)N(CCCC(=O)O)C(=O)[C@@H](C)N. The average Bonchev–Trinajstić information content (AvgIpc) is 2.10. The molecule has 0 radical (unpaired) electrons. The van der Waals surface area contributed by atoms with E-state index in [0.717, 1.165) is 0 Å². The zero-order valence-electron chi connectivity index (χ0n) is 9.56. The summed E-state index contributed by atoms with van der Waals surface area (Å²) in [4.78, 5) is 23.6. The van der Waals surface area contributed by atoms with Crippen LogP contribution in [0.15, 0.2) is 0 Å². The Labute approximate surface area is 90.2 Å². The molecule has 0 aliphatic heterocycles. The molecule has 0 spiro atoms. The van der Waals surface area contributed by atoms with E-state index in [-0.39, 0.29) is 18.4 Å². The van der Waals surface area contributed by atoms with Gasteiger partial charge in [-0.1, -0.05) is 0 Å². The molecule has 0 aromatic carbocycles. The summed E-state index contributed by atoms with van der Waals surface area (Å²) in [6, 6.07) is -0.477. The van der Waals surface area contributed by atoms with Crippen LogP contribution in [0.2, 0.25) is 0 Å². The van der Waals surface area contributed by atoms with Gasteiger partial charge < -0.3 is 15.7 Å². The standard InChI is InChI=1S/C10H20N2O3/c1-7(2)12(10(15)8(3)11)6-4-5-9(13)14/h7-8H,4-6,11H2,1-3H3,(H,13,14)/t8-/m1/s1. The molecule has 1 atom stereocenters. The van der Waals surface area contributed by atoms with Gasteiger partial charge >= 0.3 is 5.97 Å². The third-order valence-electron chi connectivity index (χ3n) is 2.09. The monoisotopic (exact) mass is 216 g/mol. The normalized spacial score (nSPS) is 12.6. The van der Waals surface area contributed by atoms with Crippen molar-refractivity contribution in [2.45, 2.75) is 45.7 Å². The van der Waals surface area contributed by atoms with E-state index < -0.39 is 12.0 Å². The molecule has 0 unspecified atom stereocenters. The smallest absolute Gasteiger partial charge is 0.303 e. The van der Waals surface area contributed by atoms with Gasteiger partial charge in [0, 0.05) is 19.0 Å². The number of aliphatic carboxylic acids is 1. The van der Waals surface area contributed by atoms with Crippen molar-refractivity contribution < 1.29 is 14.7 Å². The second-order valence-corrected chi connectivity index (χ2v) is 3.91. The van der Waals surface area contributed by atoms with Gasteiger partial charge in [-0.25, -0.2) is 0 Å². The van der Waals surface area contributed by atoms with Crippen molar-refractivity contribution in [1.29, 1.82) is 0 Å². The van der Waals surface area contributed by atoms with E-state index >= 15 is 0 Å². The van der Waals surface area contributed by atoms with Gasteiger partial charge in [0.2, 0.25) is 5.91 Å². The van der Waals surface area contributed by atoms with Crippen molar-refractivity contribution in [3.8, 4) is 0 Å². The maximum atomic E-state index is 11.6. The van der Waals surface area contributed by atoms with Crippen molar-refractivity contribution in [1.82, 2.24) is 4.90 Å². The van der Waals surface area contributed by atoms with Crippen LogP contribution < -0.4 is 5.73 Å². The number of carbonyl (C=O) groups is 2. The van der Waals surface area contributed by atoms with Gasteiger partial charge in [0.15, 0.2) is 0 Å². The minimum atomic E-state index is -0.841. The first-order valence-corrected chi connectivity index (χ1v) is 5.14. The summed E-state index contributed by atoms with van der Waals surface area (Å²) < 4.78 is 0. The second kappa shape index (κ2) is 6.40. The van der Waals surface area contributed by atoms with Gasteiger partial charge in [-0.15, -0.1) is 0 Å². The number of carbonyl (C=O) groups excluding carboxylic acids is 1. The maximum absolute atomic E-state index is 11.6. The van der Waals surface area contributed by atoms with Gasteiger partial charge in [0.05, 0.1) is 6.04 Å². The van der Waals surface area contributed by atoms with Crippen LogP contribution in [-0.2, 0) is 9.59 Å². The molecule has 0 bridgehead atoms. The number of carboxylic acid groups (broad SMARTS) is 1. The topological polar surface area (TPSA) is 83.6 Å². The summed E-state index contributed by atoms with van der Waals surface area (Å²) in [6.07, 6.45) is 0.543. The fraction of sp³-hybridized carbons (Fsp3) is 0.800. The Morgan fingerprint density at radius 3 is 2.20 bits per heavy atom. The molecule has 0 aromatic heterocycles. The average molecular weight is 216 g/mol. The molecule has 0 aromatic rings. The Hall–Kier alpha value is -1.10. The Balaban J connectivity index is 4.17. The van der Waals surface area contributed by atoms with Gasteiger partial charge in [-0.05, 0) is 27.2 Å². The van der Waals surface area contributed by atoms with Crippen LogP contribution in [-0.4, -0.2) is 40.5 Å². The molecule has 15 heavy (non-hydrogen) atoms. The number of amides is 1. The van der Waals surface area contributed by atoms with E-state index in [1.165, 1.54) is 0 Å². The summed E-state index contributed by atoms with van der Waals surface area (Å²) >= 11 is 0. The van der Waals surface area contributed by atoms with Crippen LogP contribution in [0.1, 0.15) is 33.6 Å². The molecule has 0 saturated carbocycles. The molecule has 3 N–H and O–H groups in total. The summed E-state index contributed by atoms with van der Waals surface area (Å²) in [6.45, 7) is 5.86. The minimum Gasteiger partial charge on any atom is -0.481 e.